The van der Waals surface area contributed by atoms with Gasteiger partial charge in [-0.25, -0.2) is 0 Å². The first-order chi connectivity index (χ1) is 6.11. The van der Waals surface area contributed by atoms with Gasteiger partial charge in [0.25, 0.3) is 0 Å². The zero-order chi connectivity index (χ0) is 10.0. The Morgan fingerprint density at radius 3 is 2.62 bits per heavy atom. The number of hydrogen-bond acceptors (Lipinski definition) is 6. The Morgan fingerprint density at radius 2 is 2.15 bits per heavy atom. The summed E-state index contributed by atoms with van der Waals surface area (Å²) >= 11 is 0. The molecule has 0 unspecified atom stereocenters. The van der Waals surface area contributed by atoms with Gasteiger partial charge in [-0.1, -0.05) is 0 Å². The normalized spacial score (nSPS) is 40.8. The molecule has 1 heterocycles. The van der Waals surface area contributed by atoms with Gasteiger partial charge in [0.05, 0.1) is 6.61 Å². The molecular weight excluding hydrogens is 180 g/mol. The number of carbonyl (C=O) groups is 1. The van der Waals surface area contributed by atoms with E-state index in [0.717, 1.165) is 0 Å². The smallest absolute Gasteiger partial charge is 0.197 e. The van der Waals surface area contributed by atoms with Gasteiger partial charge in [-0.3, -0.25) is 4.79 Å². The van der Waals surface area contributed by atoms with Crippen LogP contribution in [0.1, 0.15) is 0 Å². The third-order valence-electron chi connectivity index (χ3n) is 1.93. The number of carbonyl (C=O) groups excluding carboxylic acids is 1. The lowest BCUT2D eigenvalue weighted by molar-refractivity contribution is -0.242. The van der Waals surface area contributed by atoms with Crippen molar-refractivity contribution < 1.29 is 29.6 Å². The Balaban J connectivity index is 2.72. The molecule has 76 valence electrons. The van der Waals surface area contributed by atoms with Crippen molar-refractivity contribution >= 4 is 5.78 Å². The van der Waals surface area contributed by atoms with Crippen molar-refractivity contribution in [2.24, 2.45) is 0 Å². The SMILES string of the molecule is CO[C@@H]1C(=O)[C@H](O)[C@@H](CO)O[C@@H]1O. The van der Waals surface area contributed by atoms with Crippen molar-refractivity contribution in [1.82, 2.24) is 0 Å². The van der Waals surface area contributed by atoms with Crippen LogP contribution in [0.15, 0.2) is 0 Å². The summed E-state index contributed by atoms with van der Waals surface area (Å²) in [5.41, 5.74) is 0. The van der Waals surface area contributed by atoms with E-state index in [4.69, 9.17) is 14.9 Å². The van der Waals surface area contributed by atoms with Gasteiger partial charge in [-0.15, -0.1) is 0 Å². The quantitative estimate of drug-likeness (QED) is 0.453. The van der Waals surface area contributed by atoms with Crippen molar-refractivity contribution in [2.75, 3.05) is 13.7 Å². The van der Waals surface area contributed by atoms with Crippen LogP contribution in [0.25, 0.3) is 0 Å². The van der Waals surface area contributed by atoms with E-state index in [1.165, 1.54) is 7.11 Å². The molecular formula is C7H12O6. The maximum atomic E-state index is 11.2. The van der Waals surface area contributed by atoms with Crippen molar-refractivity contribution in [3.63, 3.8) is 0 Å². The summed E-state index contributed by atoms with van der Waals surface area (Å²) in [7, 11) is 1.22. The highest BCUT2D eigenvalue weighted by atomic mass is 16.7. The minimum Gasteiger partial charge on any atom is -0.394 e. The van der Waals surface area contributed by atoms with Gasteiger partial charge in [0.15, 0.2) is 18.2 Å². The summed E-state index contributed by atoms with van der Waals surface area (Å²) in [6, 6.07) is 0. The number of methoxy groups -OCH3 is 1. The Hall–Kier alpha value is -0.530. The third-order valence-corrected chi connectivity index (χ3v) is 1.93. The zero-order valence-corrected chi connectivity index (χ0v) is 7.08. The first-order valence-electron chi connectivity index (χ1n) is 3.80. The highest BCUT2D eigenvalue weighted by Crippen LogP contribution is 2.17. The van der Waals surface area contributed by atoms with Crippen LogP contribution in [0.4, 0.5) is 0 Å². The van der Waals surface area contributed by atoms with Gasteiger partial charge >= 0.3 is 0 Å². The molecule has 1 saturated heterocycles. The number of ether oxygens (including phenoxy) is 2. The van der Waals surface area contributed by atoms with Crippen LogP contribution in [-0.2, 0) is 14.3 Å². The fourth-order valence-electron chi connectivity index (χ4n) is 1.19. The third kappa shape index (κ3) is 1.87. The monoisotopic (exact) mass is 192 g/mol. The van der Waals surface area contributed by atoms with Gasteiger partial charge in [0.1, 0.15) is 12.2 Å². The van der Waals surface area contributed by atoms with E-state index in [1.54, 1.807) is 0 Å². The Bertz CT molecular complexity index is 193. The number of hydrogen-bond donors (Lipinski definition) is 3. The van der Waals surface area contributed by atoms with Crippen LogP contribution in [0.5, 0.6) is 0 Å². The summed E-state index contributed by atoms with van der Waals surface area (Å²) in [6.07, 6.45) is -5.14. The van der Waals surface area contributed by atoms with Crippen molar-refractivity contribution in [2.45, 2.75) is 24.6 Å². The number of Topliss-reactive ketones (excluding diaryl/α,β-unsaturated/α-hetero) is 1. The van der Waals surface area contributed by atoms with E-state index in [-0.39, 0.29) is 0 Å². The molecule has 0 aliphatic carbocycles. The van der Waals surface area contributed by atoms with E-state index >= 15 is 0 Å². The molecule has 4 atom stereocenters. The molecule has 1 aliphatic heterocycles. The number of aliphatic hydroxyl groups is 3. The maximum absolute atomic E-state index is 11.2. The van der Waals surface area contributed by atoms with E-state index < -0.39 is 37.0 Å². The first-order valence-corrected chi connectivity index (χ1v) is 3.80. The maximum Gasteiger partial charge on any atom is 0.197 e. The molecule has 1 fully saturated rings. The van der Waals surface area contributed by atoms with Crippen LogP contribution in [0, 0.1) is 0 Å². The second-order valence-corrected chi connectivity index (χ2v) is 2.75. The van der Waals surface area contributed by atoms with E-state index in [9.17, 15) is 9.90 Å². The lowest BCUT2D eigenvalue weighted by Gasteiger charge is -2.33. The lowest BCUT2D eigenvalue weighted by Crippen LogP contribution is -2.56. The average molecular weight is 192 g/mol. The molecule has 0 aromatic heterocycles. The molecule has 0 saturated carbocycles. The summed E-state index contributed by atoms with van der Waals surface area (Å²) in [4.78, 5) is 11.2. The van der Waals surface area contributed by atoms with E-state index in [2.05, 4.69) is 4.74 Å². The minimum atomic E-state index is -1.45. The van der Waals surface area contributed by atoms with Gasteiger partial charge in [0, 0.05) is 7.11 Å². The number of rotatable bonds is 2. The number of aliphatic hydroxyl groups excluding tert-OH is 3. The highest BCUT2D eigenvalue weighted by Gasteiger charge is 2.43. The molecule has 13 heavy (non-hydrogen) atoms. The molecule has 0 spiro atoms. The molecule has 1 aliphatic rings. The molecule has 0 radical (unpaired) electrons. The van der Waals surface area contributed by atoms with Crippen LogP contribution in [0.2, 0.25) is 0 Å². The molecule has 0 amide bonds. The second kappa shape index (κ2) is 4.12. The highest BCUT2D eigenvalue weighted by molar-refractivity contribution is 5.88. The molecule has 6 nitrogen and oxygen atoms in total. The Morgan fingerprint density at radius 1 is 1.54 bits per heavy atom. The van der Waals surface area contributed by atoms with Gasteiger partial charge in [-0.2, -0.15) is 0 Å². The standard InChI is InChI=1S/C7H12O6/c1-12-6-5(10)4(9)3(2-8)13-7(6)11/h3-4,6-9,11H,2H2,1H3/t3-,4-,6-,7+/m1/s1. The average Bonchev–Trinajstić information content (AvgIpc) is 2.12. The van der Waals surface area contributed by atoms with Crippen LogP contribution in [-0.4, -0.2) is 59.4 Å². The van der Waals surface area contributed by atoms with Crippen molar-refractivity contribution in [3.8, 4) is 0 Å². The molecule has 0 bridgehead atoms. The predicted molar refractivity (Wildman–Crippen MR) is 39.8 cm³/mol. The molecule has 6 heteroatoms. The largest absolute Gasteiger partial charge is 0.394 e. The summed E-state index contributed by atoms with van der Waals surface area (Å²) in [5, 5.41) is 27.1. The summed E-state index contributed by atoms with van der Waals surface area (Å²) in [5.74, 6) is -0.680. The predicted octanol–water partition coefficient (Wildman–Crippen LogP) is -2.36. The van der Waals surface area contributed by atoms with E-state index in [1.807, 2.05) is 0 Å². The van der Waals surface area contributed by atoms with Crippen LogP contribution in [0.3, 0.4) is 0 Å². The van der Waals surface area contributed by atoms with Crippen molar-refractivity contribution in [3.05, 3.63) is 0 Å². The zero-order valence-electron chi connectivity index (χ0n) is 7.08. The molecule has 1 rings (SSSR count). The first kappa shape index (κ1) is 10.6. The Kier molecular flexibility index (Phi) is 3.34. The fraction of sp³-hybridized carbons (Fsp3) is 0.857. The molecule has 3 N–H and O–H groups in total. The van der Waals surface area contributed by atoms with Crippen LogP contribution >= 0.6 is 0 Å². The molecule has 0 aromatic carbocycles. The number of ketones is 1. The lowest BCUT2D eigenvalue weighted by atomic mass is 10.0. The van der Waals surface area contributed by atoms with Gasteiger partial charge in [-0.05, 0) is 0 Å². The molecule has 0 aromatic rings. The summed E-state index contributed by atoms with van der Waals surface area (Å²) < 4.78 is 9.34. The fourth-order valence-corrected chi connectivity index (χ4v) is 1.19. The van der Waals surface area contributed by atoms with Crippen molar-refractivity contribution in [1.29, 1.82) is 0 Å². The summed E-state index contributed by atoms with van der Waals surface area (Å²) in [6.45, 7) is -0.527. The van der Waals surface area contributed by atoms with Gasteiger partial charge in [0.2, 0.25) is 0 Å². The van der Waals surface area contributed by atoms with E-state index in [0.29, 0.717) is 0 Å². The Labute approximate surface area is 74.7 Å². The topological polar surface area (TPSA) is 96.2 Å². The van der Waals surface area contributed by atoms with Crippen LogP contribution < -0.4 is 0 Å². The minimum absolute atomic E-state index is 0.527. The van der Waals surface area contributed by atoms with Gasteiger partial charge < -0.3 is 24.8 Å². The second-order valence-electron chi connectivity index (χ2n) is 2.75.